The van der Waals surface area contributed by atoms with E-state index in [0.717, 1.165) is 18.4 Å². The molecule has 32 heavy (non-hydrogen) atoms. The molecule has 1 aromatic carbocycles. The average Bonchev–Trinajstić information content (AvgIpc) is 2.80. The van der Waals surface area contributed by atoms with Crippen LogP contribution in [0.4, 0.5) is 10.2 Å². The van der Waals surface area contributed by atoms with E-state index in [9.17, 15) is 9.18 Å². The number of anilines is 1. The number of hydrogen-bond donors (Lipinski definition) is 1. The van der Waals surface area contributed by atoms with E-state index in [4.69, 9.17) is 15.2 Å². The number of hydrogen-bond acceptors (Lipinski definition) is 6. The van der Waals surface area contributed by atoms with Gasteiger partial charge in [0, 0.05) is 25.4 Å². The van der Waals surface area contributed by atoms with Crippen LogP contribution in [0.5, 0.6) is 17.2 Å². The normalized spacial score (nSPS) is 14.3. The molecule has 0 aliphatic carbocycles. The van der Waals surface area contributed by atoms with Crippen molar-refractivity contribution in [1.29, 1.82) is 0 Å². The fraction of sp³-hybridized carbons (Fsp3) is 0.292. The summed E-state index contributed by atoms with van der Waals surface area (Å²) >= 11 is 0. The first kappa shape index (κ1) is 21.5. The molecule has 1 saturated heterocycles. The van der Waals surface area contributed by atoms with Crippen molar-refractivity contribution >= 4 is 11.7 Å². The highest BCUT2D eigenvalue weighted by atomic mass is 19.1. The molecule has 1 fully saturated rings. The first-order chi connectivity index (χ1) is 15.4. The van der Waals surface area contributed by atoms with Crippen LogP contribution in [0, 0.1) is 12.7 Å². The van der Waals surface area contributed by atoms with Crippen LogP contribution in [0.2, 0.25) is 0 Å². The lowest BCUT2D eigenvalue weighted by atomic mass is 9.88. The first-order valence-electron chi connectivity index (χ1n) is 10.4. The smallest absolute Gasteiger partial charge is 0.272 e. The second-order valence-electron chi connectivity index (χ2n) is 7.81. The number of likely N-dealkylation sites (tertiary alicyclic amines) is 1. The quantitative estimate of drug-likeness (QED) is 0.640. The van der Waals surface area contributed by atoms with Gasteiger partial charge in [0.25, 0.3) is 5.91 Å². The monoisotopic (exact) mass is 436 g/mol. The van der Waals surface area contributed by atoms with Crippen molar-refractivity contribution in [1.82, 2.24) is 14.9 Å². The van der Waals surface area contributed by atoms with E-state index in [1.165, 1.54) is 43.1 Å². The van der Waals surface area contributed by atoms with Gasteiger partial charge in [0.15, 0.2) is 11.5 Å². The molecule has 0 atom stereocenters. The number of rotatable bonds is 5. The van der Waals surface area contributed by atoms with Gasteiger partial charge in [0.1, 0.15) is 23.1 Å². The van der Waals surface area contributed by atoms with Crippen molar-refractivity contribution in [2.75, 3.05) is 25.9 Å². The molecule has 166 valence electrons. The first-order valence-corrected chi connectivity index (χ1v) is 10.4. The summed E-state index contributed by atoms with van der Waals surface area (Å²) < 4.78 is 24.2. The number of nitrogens with two attached hydrogens (primary N) is 1. The maximum absolute atomic E-state index is 13.1. The number of amides is 1. The molecule has 2 N–H and O–H groups in total. The number of halogens is 1. The van der Waals surface area contributed by atoms with Crippen LogP contribution in [-0.2, 0) is 0 Å². The minimum Gasteiger partial charge on any atom is -0.493 e. The molecule has 0 unspecified atom stereocenters. The molecule has 4 rings (SSSR count). The van der Waals surface area contributed by atoms with Crippen LogP contribution in [0.3, 0.4) is 0 Å². The number of benzene rings is 1. The molecule has 3 aromatic rings. The Hall–Kier alpha value is -3.68. The van der Waals surface area contributed by atoms with Crippen LogP contribution in [0.15, 0.2) is 48.8 Å². The summed E-state index contributed by atoms with van der Waals surface area (Å²) in [5.74, 6) is 1.54. The summed E-state index contributed by atoms with van der Waals surface area (Å²) in [5.41, 5.74) is 8.37. The van der Waals surface area contributed by atoms with Crippen molar-refractivity contribution in [3.05, 3.63) is 71.4 Å². The Morgan fingerprint density at radius 3 is 2.47 bits per heavy atom. The largest absolute Gasteiger partial charge is 0.493 e. The molecule has 1 aliphatic heterocycles. The van der Waals surface area contributed by atoms with E-state index in [-0.39, 0.29) is 17.4 Å². The number of carbonyl (C=O) groups is 1. The highest BCUT2D eigenvalue weighted by molar-refractivity contribution is 5.93. The number of ether oxygens (including phenoxy) is 2. The third kappa shape index (κ3) is 4.64. The second-order valence-corrected chi connectivity index (χ2v) is 7.81. The maximum Gasteiger partial charge on any atom is 0.272 e. The average molecular weight is 436 g/mol. The van der Waals surface area contributed by atoms with E-state index < -0.39 is 0 Å². The van der Waals surface area contributed by atoms with E-state index in [0.29, 0.717) is 42.1 Å². The van der Waals surface area contributed by atoms with Gasteiger partial charge in [-0.05, 0) is 67.1 Å². The number of nitrogen functional groups attached to an aromatic ring is 1. The molecular formula is C24H25FN4O3. The lowest BCUT2D eigenvalue weighted by molar-refractivity contribution is 0.0706. The number of aryl methyl sites for hydroxylation is 1. The van der Waals surface area contributed by atoms with Crippen LogP contribution in [-0.4, -0.2) is 41.0 Å². The van der Waals surface area contributed by atoms with Gasteiger partial charge < -0.3 is 20.1 Å². The van der Waals surface area contributed by atoms with Crippen molar-refractivity contribution < 1.29 is 18.7 Å². The Labute approximate surface area is 186 Å². The number of nitrogens with zero attached hydrogens (tertiary/aromatic N) is 3. The van der Waals surface area contributed by atoms with Crippen LogP contribution < -0.4 is 15.2 Å². The fourth-order valence-electron chi connectivity index (χ4n) is 3.98. The third-order valence-corrected chi connectivity index (χ3v) is 5.71. The number of pyridine rings is 2. The lowest BCUT2D eigenvalue weighted by Crippen LogP contribution is -2.38. The summed E-state index contributed by atoms with van der Waals surface area (Å²) in [6, 6.07) is 9.09. The summed E-state index contributed by atoms with van der Waals surface area (Å²) in [6.07, 6.45) is 4.99. The highest BCUT2D eigenvalue weighted by Gasteiger charge is 2.27. The Morgan fingerprint density at radius 2 is 1.81 bits per heavy atom. The Bertz CT molecular complexity index is 1110. The van der Waals surface area contributed by atoms with Gasteiger partial charge in [-0.1, -0.05) is 0 Å². The van der Waals surface area contributed by atoms with Gasteiger partial charge in [-0.2, -0.15) is 0 Å². The summed E-state index contributed by atoms with van der Waals surface area (Å²) in [5, 5.41) is 0. The van der Waals surface area contributed by atoms with Crippen LogP contribution in [0.25, 0.3) is 0 Å². The SMILES string of the molecule is COc1cc(C(=O)N2CCC(c3cnc(N)cc3C)CC2)ncc1Oc1ccc(F)cc1. The Balaban J connectivity index is 1.43. The Morgan fingerprint density at radius 1 is 1.09 bits per heavy atom. The predicted molar refractivity (Wildman–Crippen MR) is 119 cm³/mol. The molecule has 1 amide bonds. The van der Waals surface area contributed by atoms with Gasteiger partial charge in [0.05, 0.1) is 13.3 Å². The number of aromatic nitrogens is 2. The molecular weight excluding hydrogens is 411 g/mol. The molecule has 0 saturated carbocycles. The standard InChI is InChI=1S/C24H25FN4O3/c1-15-11-23(26)28-13-19(15)16-7-9-29(10-8-16)24(30)20-12-21(31-2)22(14-27-20)32-18-5-3-17(25)4-6-18/h3-6,11-14,16H,7-10H2,1-2H3,(H2,26,28). The molecule has 0 radical (unpaired) electrons. The fourth-order valence-corrected chi connectivity index (χ4v) is 3.98. The molecule has 3 heterocycles. The topological polar surface area (TPSA) is 90.6 Å². The van der Waals surface area contributed by atoms with Gasteiger partial charge in [-0.25, -0.2) is 14.4 Å². The summed E-state index contributed by atoms with van der Waals surface area (Å²) in [6.45, 7) is 3.30. The molecule has 7 nitrogen and oxygen atoms in total. The molecule has 1 aliphatic rings. The van der Waals surface area contributed by atoms with Crippen LogP contribution in [0.1, 0.15) is 40.4 Å². The van der Waals surface area contributed by atoms with Crippen molar-refractivity contribution in [2.45, 2.75) is 25.7 Å². The Kier molecular flexibility index (Phi) is 6.20. The van der Waals surface area contributed by atoms with Crippen molar-refractivity contribution in [3.63, 3.8) is 0 Å². The second kappa shape index (κ2) is 9.21. The number of methoxy groups -OCH3 is 1. The molecule has 8 heteroatoms. The van der Waals surface area contributed by atoms with Gasteiger partial charge in [-0.3, -0.25) is 4.79 Å². The van der Waals surface area contributed by atoms with E-state index in [2.05, 4.69) is 9.97 Å². The van der Waals surface area contributed by atoms with Gasteiger partial charge >= 0.3 is 0 Å². The van der Waals surface area contributed by atoms with E-state index in [1.54, 1.807) is 11.0 Å². The maximum atomic E-state index is 13.1. The third-order valence-electron chi connectivity index (χ3n) is 5.71. The highest BCUT2D eigenvalue weighted by Crippen LogP contribution is 2.33. The van der Waals surface area contributed by atoms with Gasteiger partial charge in [0.2, 0.25) is 0 Å². The molecule has 0 spiro atoms. The van der Waals surface area contributed by atoms with Crippen molar-refractivity contribution in [3.8, 4) is 17.2 Å². The van der Waals surface area contributed by atoms with E-state index in [1.807, 2.05) is 19.2 Å². The van der Waals surface area contributed by atoms with Gasteiger partial charge in [-0.15, -0.1) is 0 Å². The summed E-state index contributed by atoms with van der Waals surface area (Å²) in [4.78, 5) is 23.3. The minimum absolute atomic E-state index is 0.151. The lowest BCUT2D eigenvalue weighted by Gasteiger charge is -2.32. The number of piperidine rings is 1. The number of carbonyl (C=O) groups excluding carboxylic acids is 1. The van der Waals surface area contributed by atoms with Crippen LogP contribution >= 0.6 is 0 Å². The van der Waals surface area contributed by atoms with E-state index >= 15 is 0 Å². The zero-order chi connectivity index (χ0) is 22.7. The minimum atomic E-state index is -0.352. The predicted octanol–water partition coefficient (Wildman–Crippen LogP) is 4.33. The van der Waals surface area contributed by atoms with Crippen molar-refractivity contribution in [2.24, 2.45) is 0 Å². The summed E-state index contributed by atoms with van der Waals surface area (Å²) in [7, 11) is 1.50. The zero-order valence-electron chi connectivity index (χ0n) is 18.0. The zero-order valence-corrected chi connectivity index (χ0v) is 18.0. The molecule has 2 aromatic heterocycles. The molecule has 0 bridgehead atoms.